The molecule has 0 bridgehead atoms. The Labute approximate surface area is 178 Å². The Morgan fingerprint density at radius 1 is 0.867 bits per heavy atom. The van der Waals surface area contributed by atoms with Crippen LogP contribution in [0.2, 0.25) is 0 Å². The number of nitrogens with one attached hydrogen (secondary N) is 2. The highest BCUT2D eigenvalue weighted by molar-refractivity contribution is 5.92. The molecule has 0 aromatic heterocycles. The Bertz CT molecular complexity index is 827. The highest BCUT2D eigenvalue weighted by atomic mass is 16.5. The largest absolute Gasteiger partial charge is 0.494 e. The molecule has 0 radical (unpaired) electrons. The lowest BCUT2D eigenvalue weighted by Gasteiger charge is -2.23. The Balaban J connectivity index is 1.81. The summed E-state index contributed by atoms with van der Waals surface area (Å²) >= 11 is 0. The zero-order valence-corrected chi connectivity index (χ0v) is 18.3. The Morgan fingerprint density at radius 2 is 1.37 bits per heavy atom. The molecule has 2 aromatic carbocycles. The van der Waals surface area contributed by atoms with Gasteiger partial charge in [-0.15, -0.1) is 0 Å². The normalized spacial score (nSPS) is 11.1. The van der Waals surface area contributed by atoms with Crippen molar-refractivity contribution in [2.75, 3.05) is 32.1 Å². The van der Waals surface area contributed by atoms with Crippen LogP contribution >= 0.6 is 0 Å². The summed E-state index contributed by atoms with van der Waals surface area (Å²) in [5, 5.41) is 5.70. The maximum Gasteiger partial charge on any atom is 0.238 e. The number of rotatable bonds is 9. The van der Waals surface area contributed by atoms with Crippen molar-refractivity contribution < 1.29 is 19.1 Å². The van der Waals surface area contributed by atoms with Crippen molar-refractivity contribution in [1.82, 2.24) is 10.2 Å². The number of likely N-dealkylation sites (N-methyl/N-ethyl adjacent to an activating group) is 1. The molecule has 0 atom stereocenters. The van der Waals surface area contributed by atoms with E-state index in [1.807, 2.05) is 52.0 Å². The Kier molecular flexibility index (Phi) is 8.24. The van der Waals surface area contributed by atoms with E-state index in [4.69, 9.17) is 9.47 Å². The third-order valence-electron chi connectivity index (χ3n) is 3.85. The summed E-state index contributed by atoms with van der Waals surface area (Å²) in [6.45, 7) is 8.57. The van der Waals surface area contributed by atoms with Crippen molar-refractivity contribution in [3.8, 4) is 17.2 Å². The van der Waals surface area contributed by atoms with E-state index >= 15 is 0 Å². The first-order chi connectivity index (χ1) is 14.1. The second kappa shape index (κ2) is 10.6. The van der Waals surface area contributed by atoms with E-state index in [1.165, 1.54) is 0 Å². The van der Waals surface area contributed by atoms with E-state index in [-0.39, 0.29) is 30.4 Å². The first kappa shape index (κ1) is 23.2. The first-order valence-electron chi connectivity index (χ1n) is 9.95. The van der Waals surface area contributed by atoms with Gasteiger partial charge in [-0.25, -0.2) is 0 Å². The van der Waals surface area contributed by atoms with Crippen LogP contribution < -0.4 is 20.1 Å². The second-order valence-corrected chi connectivity index (χ2v) is 8.05. The fraction of sp³-hybridized carbons (Fsp3) is 0.391. The van der Waals surface area contributed by atoms with Crippen LogP contribution in [0.25, 0.3) is 0 Å². The first-order valence-corrected chi connectivity index (χ1v) is 9.95. The lowest BCUT2D eigenvalue weighted by molar-refractivity contribution is -0.124. The van der Waals surface area contributed by atoms with Gasteiger partial charge < -0.3 is 20.1 Å². The molecule has 0 saturated carbocycles. The summed E-state index contributed by atoms with van der Waals surface area (Å²) in [6, 6.07) is 14.5. The van der Waals surface area contributed by atoms with Gasteiger partial charge in [0.1, 0.15) is 17.2 Å². The number of amides is 2. The molecule has 0 aliphatic rings. The number of anilines is 1. The van der Waals surface area contributed by atoms with Gasteiger partial charge in [0.15, 0.2) is 0 Å². The van der Waals surface area contributed by atoms with Crippen LogP contribution in [0.1, 0.15) is 27.7 Å². The predicted molar refractivity (Wildman–Crippen MR) is 118 cm³/mol. The van der Waals surface area contributed by atoms with Gasteiger partial charge in [0.2, 0.25) is 11.8 Å². The molecule has 2 rings (SSSR count). The molecule has 0 aliphatic heterocycles. The van der Waals surface area contributed by atoms with Crippen molar-refractivity contribution in [2.45, 2.75) is 33.2 Å². The average molecular weight is 414 g/mol. The molecule has 0 heterocycles. The van der Waals surface area contributed by atoms with Crippen LogP contribution in [0.15, 0.2) is 48.5 Å². The molecule has 0 saturated heterocycles. The van der Waals surface area contributed by atoms with Gasteiger partial charge in [0, 0.05) is 11.2 Å². The molecule has 0 fully saturated rings. The molecule has 162 valence electrons. The molecule has 2 amide bonds. The molecule has 0 aliphatic carbocycles. The van der Waals surface area contributed by atoms with Crippen LogP contribution in [0.3, 0.4) is 0 Å². The molecule has 30 heavy (non-hydrogen) atoms. The van der Waals surface area contributed by atoms with Crippen molar-refractivity contribution in [2.24, 2.45) is 0 Å². The van der Waals surface area contributed by atoms with Crippen LogP contribution in [0, 0.1) is 0 Å². The second-order valence-electron chi connectivity index (χ2n) is 8.05. The Hall–Kier alpha value is -3.06. The number of nitrogens with zero attached hydrogens (tertiary/aromatic N) is 1. The predicted octanol–water partition coefficient (Wildman–Crippen LogP) is 3.66. The van der Waals surface area contributed by atoms with Crippen LogP contribution in [-0.4, -0.2) is 49.0 Å². The van der Waals surface area contributed by atoms with Gasteiger partial charge in [0.05, 0.1) is 19.7 Å². The molecule has 0 unspecified atom stereocenters. The van der Waals surface area contributed by atoms with Gasteiger partial charge in [0.25, 0.3) is 0 Å². The molecule has 2 aromatic rings. The lowest BCUT2D eigenvalue weighted by atomic mass is 10.1. The number of carbonyl (C=O) groups is 2. The fourth-order valence-corrected chi connectivity index (χ4v) is 2.72. The summed E-state index contributed by atoms with van der Waals surface area (Å²) in [4.78, 5) is 25.8. The monoisotopic (exact) mass is 413 g/mol. The van der Waals surface area contributed by atoms with Crippen molar-refractivity contribution in [3.05, 3.63) is 48.5 Å². The Morgan fingerprint density at radius 3 is 1.90 bits per heavy atom. The molecular formula is C23H31N3O4. The number of benzene rings is 2. The average Bonchev–Trinajstić information content (AvgIpc) is 2.63. The van der Waals surface area contributed by atoms with E-state index < -0.39 is 0 Å². The van der Waals surface area contributed by atoms with Crippen LogP contribution in [0.4, 0.5) is 5.69 Å². The quantitative estimate of drug-likeness (QED) is 0.656. The van der Waals surface area contributed by atoms with E-state index in [0.29, 0.717) is 23.8 Å². The molecular weight excluding hydrogens is 382 g/mol. The lowest BCUT2D eigenvalue weighted by Crippen LogP contribution is -2.46. The van der Waals surface area contributed by atoms with E-state index in [0.717, 1.165) is 5.75 Å². The minimum absolute atomic E-state index is 0.113. The van der Waals surface area contributed by atoms with E-state index in [9.17, 15) is 9.59 Å². The zero-order chi connectivity index (χ0) is 22.1. The van der Waals surface area contributed by atoms with Crippen molar-refractivity contribution in [3.63, 3.8) is 0 Å². The van der Waals surface area contributed by atoms with Gasteiger partial charge >= 0.3 is 0 Å². The molecule has 2 N–H and O–H groups in total. The topological polar surface area (TPSA) is 79.9 Å². The number of hydrogen-bond donors (Lipinski definition) is 2. The van der Waals surface area contributed by atoms with Crippen LogP contribution in [-0.2, 0) is 9.59 Å². The van der Waals surface area contributed by atoms with Gasteiger partial charge in [-0.05, 0) is 83.3 Å². The van der Waals surface area contributed by atoms with E-state index in [2.05, 4.69) is 10.6 Å². The highest BCUT2D eigenvalue weighted by Crippen LogP contribution is 2.25. The van der Waals surface area contributed by atoms with Gasteiger partial charge in [-0.1, -0.05) is 0 Å². The minimum atomic E-state index is -0.296. The smallest absolute Gasteiger partial charge is 0.238 e. The summed E-state index contributed by atoms with van der Waals surface area (Å²) < 4.78 is 11.2. The van der Waals surface area contributed by atoms with Crippen molar-refractivity contribution >= 4 is 17.5 Å². The SMILES string of the molecule is CCOc1ccc(Oc2ccc(NC(=O)CN(C)CC(=O)NC(C)(C)C)cc2)cc1. The zero-order valence-electron chi connectivity index (χ0n) is 18.3. The van der Waals surface area contributed by atoms with Gasteiger partial charge in [-0.2, -0.15) is 0 Å². The summed E-state index contributed by atoms with van der Waals surface area (Å²) in [5.74, 6) is 1.84. The number of hydrogen-bond acceptors (Lipinski definition) is 5. The fourth-order valence-electron chi connectivity index (χ4n) is 2.72. The summed E-state index contributed by atoms with van der Waals surface area (Å²) in [6.07, 6.45) is 0. The third-order valence-corrected chi connectivity index (χ3v) is 3.85. The number of carbonyl (C=O) groups excluding carboxylic acids is 2. The number of ether oxygens (including phenoxy) is 2. The van der Waals surface area contributed by atoms with Crippen molar-refractivity contribution in [1.29, 1.82) is 0 Å². The molecule has 0 spiro atoms. The van der Waals surface area contributed by atoms with E-state index in [1.54, 1.807) is 36.2 Å². The maximum absolute atomic E-state index is 12.2. The third kappa shape index (κ3) is 8.53. The minimum Gasteiger partial charge on any atom is -0.494 e. The maximum atomic E-state index is 12.2. The standard InChI is InChI=1S/C23H31N3O4/c1-6-29-18-11-13-20(14-12-18)30-19-9-7-17(8-10-19)24-21(27)15-26(5)16-22(28)25-23(2,3)4/h7-14H,6,15-16H2,1-5H3,(H,24,27)(H,25,28). The molecule has 7 heteroatoms. The van der Waals surface area contributed by atoms with Gasteiger partial charge in [-0.3, -0.25) is 14.5 Å². The van der Waals surface area contributed by atoms with Crippen LogP contribution in [0.5, 0.6) is 17.2 Å². The summed E-state index contributed by atoms with van der Waals surface area (Å²) in [5.41, 5.74) is 0.363. The highest BCUT2D eigenvalue weighted by Gasteiger charge is 2.16. The molecule has 7 nitrogen and oxygen atoms in total. The summed E-state index contributed by atoms with van der Waals surface area (Å²) in [7, 11) is 1.73.